The molecule has 20 heavy (non-hydrogen) atoms. The van der Waals surface area contributed by atoms with Gasteiger partial charge in [0.15, 0.2) is 11.6 Å². The highest BCUT2D eigenvalue weighted by Crippen LogP contribution is 2.20. The molecule has 3 nitrogen and oxygen atoms in total. The highest BCUT2D eigenvalue weighted by molar-refractivity contribution is 9.08. The molecule has 0 aliphatic heterocycles. The summed E-state index contributed by atoms with van der Waals surface area (Å²) in [5, 5.41) is 3.48. The fraction of sp³-hybridized carbons (Fsp3) is 0.133. The Labute approximate surface area is 124 Å². The lowest BCUT2D eigenvalue weighted by molar-refractivity contribution is 0.102. The monoisotopic (exact) mass is 337 g/mol. The van der Waals surface area contributed by atoms with E-state index in [0.717, 1.165) is 5.56 Å². The zero-order valence-corrected chi connectivity index (χ0v) is 12.4. The van der Waals surface area contributed by atoms with E-state index >= 15 is 0 Å². The van der Waals surface area contributed by atoms with Gasteiger partial charge in [-0.3, -0.25) is 4.79 Å². The summed E-state index contributed by atoms with van der Waals surface area (Å²) in [6.07, 6.45) is 0. The Morgan fingerprint density at radius 2 is 2.10 bits per heavy atom. The molecule has 0 unspecified atom stereocenters. The number of alkyl halides is 1. The van der Waals surface area contributed by atoms with Gasteiger partial charge in [0.05, 0.1) is 7.11 Å². The summed E-state index contributed by atoms with van der Waals surface area (Å²) in [6.45, 7) is 0. The standard InChI is InChI=1S/C15H13BrFNO2/c1-20-14-8-11(5-6-13(14)17)15(19)18-12-4-2-3-10(7-12)9-16/h2-8H,9H2,1H3,(H,18,19). The van der Waals surface area contributed by atoms with Crippen molar-refractivity contribution in [3.63, 3.8) is 0 Å². The minimum Gasteiger partial charge on any atom is -0.494 e. The lowest BCUT2D eigenvalue weighted by atomic mass is 10.1. The van der Waals surface area contributed by atoms with E-state index in [9.17, 15) is 9.18 Å². The summed E-state index contributed by atoms with van der Waals surface area (Å²) in [5.74, 6) is -0.757. The Morgan fingerprint density at radius 3 is 2.80 bits per heavy atom. The Bertz CT molecular complexity index is 631. The number of hydrogen-bond donors (Lipinski definition) is 1. The van der Waals surface area contributed by atoms with Crippen LogP contribution in [0.3, 0.4) is 0 Å². The SMILES string of the molecule is COc1cc(C(=O)Nc2cccc(CBr)c2)ccc1F. The predicted octanol–water partition coefficient (Wildman–Crippen LogP) is 3.98. The van der Waals surface area contributed by atoms with E-state index in [4.69, 9.17) is 4.74 Å². The molecule has 2 aromatic carbocycles. The molecule has 0 aliphatic rings. The summed E-state index contributed by atoms with van der Waals surface area (Å²) >= 11 is 3.36. The number of ether oxygens (including phenoxy) is 1. The number of benzene rings is 2. The van der Waals surface area contributed by atoms with Crippen molar-refractivity contribution in [2.24, 2.45) is 0 Å². The number of carbonyl (C=O) groups is 1. The fourth-order valence-corrected chi connectivity index (χ4v) is 2.09. The van der Waals surface area contributed by atoms with Gasteiger partial charge in [-0.05, 0) is 35.9 Å². The third kappa shape index (κ3) is 3.36. The van der Waals surface area contributed by atoms with E-state index in [1.807, 2.05) is 18.2 Å². The van der Waals surface area contributed by atoms with Crippen LogP contribution in [0.1, 0.15) is 15.9 Å². The average Bonchev–Trinajstić information content (AvgIpc) is 2.47. The van der Waals surface area contributed by atoms with E-state index in [1.165, 1.54) is 25.3 Å². The lowest BCUT2D eigenvalue weighted by Gasteiger charge is -2.08. The first-order valence-electron chi connectivity index (χ1n) is 5.94. The summed E-state index contributed by atoms with van der Waals surface area (Å²) in [5.41, 5.74) is 2.09. The third-order valence-electron chi connectivity index (χ3n) is 2.75. The van der Waals surface area contributed by atoms with Gasteiger partial charge in [-0.15, -0.1) is 0 Å². The average molecular weight is 338 g/mol. The van der Waals surface area contributed by atoms with Crippen molar-refractivity contribution in [2.45, 2.75) is 5.33 Å². The summed E-state index contributed by atoms with van der Waals surface area (Å²) < 4.78 is 18.2. The number of hydrogen-bond acceptors (Lipinski definition) is 2. The number of rotatable bonds is 4. The van der Waals surface area contributed by atoms with Crippen LogP contribution in [0.2, 0.25) is 0 Å². The Balaban J connectivity index is 2.19. The minimum absolute atomic E-state index is 0.0480. The maximum absolute atomic E-state index is 13.3. The Kier molecular flexibility index (Phi) is 4.74. The second-order valence-corrected chi connectivity index (χ2v) is 4.70. The smallest absolute Gasteiger partial charge is 0.255 e. The number of carbonyl (C=O) groups excluding carboxylic acids is 1. The van der Waals surface area contributed by atoms with Gasteiger partial charge >= 0.3 is 0 Å². The fourth-order valence-electron chi connectivity index (χ4n) is 1.74. The zero-order chi connectivity index (χ0) is 14.5. The molecule has 0 aromatic heterocycles. The molecular formula is C15H13BrFNO2. The van der Waals surface area contributed by atoms with Gasteiger partial charge in [0.25, 0.3) is 5.91 Å². The van der Waals surface area contributed by atoms with Crippen molar-refractivity contribution in [3.8, 4) is 5.75 Å². The molecule has 0 heterocycles. The summed E-state index contributed by atoms with van der Waals surface area (Å²) in [7, 11) is 1.36. The summed E-state index contributed by atoms with van der Waals surface area (Å²) in [4.78, 5) is 12.1. The van der Waals surface area contributed by atoms with Gasteiger partial charge in [0.2, 0.25) is 0 Å². The first-order valence-corrected chi connectivity index (χ1v) is 7.06. The maximum atomic E-state index is 13.3. The first kappa shape index (κ1) is 14.5. The van der Waals surface area contributed by atoms with Crippen LogP contribution < -0.4 is 10.1 Å². The number of halogens is 2. The number of amides is 1. The Hall–Kier alpha value is -1.88. The maximum Gasteiger partial charge on any atom is 0.255 e. The van der Waals surface area contributed by atoms with Crippen LogP contribution >= 0.6 is 15.9 Å². The van der Waals surface area contributed by atoms with Crippen molar-refractivity contribution in [2.75, 3.05) is 12.4 Å². The number of anilines is 1. The van der Waals surface area contributed by atoms with Crippen molar-refractivity contribution in [1.82, 2.24) is 0 Å². The van der Waals surface area contributed by atoms with Crippen LogP contribution in [-0.4, -0.2) is 13.0 Å². The van der Waals surface area contributed by atoms with Crippen LogP contribution in [0.5, 0.6) is 5.75 Å². The van der Waals surface area contributed by atoms with E-state index < -0.39 is 5.82 Å². The Morgan fingerprint density at radius 1 is 1.30 bits per heavy atom. The molecule has 2 aromatic rings. The van der Waals surface area contributed by atoms with Gasteiger partial charge in [0, 0.05) is 16.6 Å². The van der Waals surface area contributed by atoms with Crippen LogP contribution in [0.15, 0.2) is 42.5 Å². The van der Waals surface area contributed by atoms with Crippen LogP contribution in [0, 0.1) is 5.82 Å². The van der Waals surface area contributed by atoms with Gasteiger partial charge < -0.3 is 10.1 Å². The highest BCUT2D eigenvalue weighted by atomic mass is 79.9. The zero-order valence-electron chi connectivity index (χ0n) is 10.8. The molecule has 0 atom stereocenters. The van der Waals surface area contributed by atoms with Crippen molar-refractivity contribution in [3.05, 3.63) is 59.4 Å². The van der Waals surface area contributed by atoms with Gasteiger partial charge in [-0.25, -0.2) is 4.39 Å². The minimum atomic E-state index is -0.495. The normalized spacial score (nSPS) is 10.2. The molecule has 104 valence electrons. The van der Waals surface area contributed by atoms with Crippen molar-refractivity contribution in [1.29, 1.82) is 0 Å². The van der Waals surface area contributed by atoms with Crippen molar-refractivity contribution >= 4 is 27.5 Å². The molecule has 0 spiro atoms. The molecular weight excluding hydrogens is 325 g/mol. The van der Waals surface area contributed by atoms with Crippen LogP contribution in [0.4, 0.5) is 10.1 Å². The molecule has 0 radical (unpaired) electrons. The van der Waals surface area contributed by atoms with Crippen LogP contribution in [0.25, 0.3) is 0 Å². The van der Waals surface area contributed by atoms with E-state index in [1.54, 1.807) is 6.07 Å². The molecule has 1 amide bonds. The number of nitrogens with one attached hydrogen (secondary N) is 1. The molecule has 0 saturated heterocycles. The predicted molar refractivity (Wildman–Crippen MR) is 80.0 cm³/mol. The largest absolute Gasteiger partial charge is 0.494 e. The van der Waals surface area contributed by atoms with E-state index in [2.05, 4.69) is 21.2 Å². The molecule has 0 bridgehead atoms. The molecule has 1 N–H and O–H groups in total. The second-order valence-electron chi connectivity index (χ2n) is 4.14. The first-order chi connectivity index (χ1) is 9.63. The van der Waals surface area contributed by atoms with Crippen molar-refractivity contribution < 1.29 is 13.9 Å². The molecule has 0 fully saturated rings. The molecule has 0 aliphatic carbocycles. The lowest BCUT2D eigenvalue weighted by Crippen LogP contribution is -2.12. The van der Waals surface area contributed by atoms with E-state index in [-0.39, 0.29) is 11.7 Å². The molecule has 2 rings (SSSR count). The quantitative estimate of drug-likeness (QED) is 0.857. The second kappa shape index (κ2) is 6.52. The highest BCUT2D eigenvalue weighted by Gasteiger charge is 2.10. The summed E-state index contributed by atoms with van der Waals surface area (Å²) in [6, 6.07) is 11.5. The van der Waals surface area contributed by atoms with Gasteiger partial charge in [0.1, 0.15) is 0 Å². The third-order valence-corrected chi connectivity index (χ3v) is 3.40. The van der Waals surface area contributed by atoms with Gasteiger partial charge in [-0.1, -0.05) is 28.1 Å². The van der Waals surface area contributed by atoms with E-state index in [0.29, 0.717) is 16.6 Å². The molecule has 5 heteroatoms. The number of methoxy groups -OCH3 is 1. The molecule has 0 saturated carbocycles. The topological polar surface area (TPSA) is 38.3 Å². The van der Waals surface area contributed by atoms with Gasteiger partial charge in [-0.2, -0.15) is 0 Å². The van der Waals surface area contributed by atoms with Crippen LogP contribution in [-0.2, 0) is 5.33 Å².